The summed E-state index contributed by atoms with van der Waals surface area (Å²) in [5, 5.41) is 12.4. The molecule has 6 heteroatoms. The summed E-state index contributed by atoms with van der Waals surface area (Å²) in [5.41, 5.74) is 0.816. The van der Waals surface area contributed by atoms with E-state index in [-0.39, 0.29) is 6.54 Å². The van der Waals surface area contributed by atoms with E-state index >= 15 is 0 Å². The Balaban J connectivity index is 2.40. The van der Waals surface area contributed by atoms with Crippen LogP contribution in [0, 0.1) is 0 Å². The van der Waals surface area contributed by atoms with Crippen molar-refractivity contribution in [3.8, 4) is 0 Å². The number of hydrogen-bond donors (Lipinski definition) is 2. The minimum absolute atomic E-state index is 0.169. The molecule has 1 atom stereocenters. The Bertz CT molecular complexity index is 350. The van der Waals surface area contributed by atoms with E-state index in [1.165, 1.54) is 0 Å². The third kappa shape index (κ3) is 4.22. The summed E-state index contributed by atoms with van der Waals surface area (Å²) in [6, 6.07) is 5.01. The smallest absolute Gasteiger partial charge is 0.265 e. The van der Waals surface area contributed by atoms with Crippen LogP contribution in [-0.2, 0) is 6.54 Å². The van der Waals surface area contributed by atoms with Crippen LogP contribution in [0.2, 0.25) is 10.0 Å². The number of nitrogens with one attached hydrogen (secondary N) is 1. The van der Waals surface area contributed by atoms with Crippen LogP contribution in [0.4, 0.5) is 8.78 Å². The first-order valence-corrected chi connectivity index (χ1v) is 5.37. The second-order valence-electron chi connectivity index (χ2n) is 3.28. The van der Waals surface area contributed by atoms with E-state index in [1.54, 1.807) is 18.2 Å². The van der Waals surface area contributed by atoms with Gasteiger partial charge < -0.3 is 10.4 Å². The largest absolute Gasteiger partial charge is 0.386 e. The average Bonchev–Trinajstić information content (AvgIpc) is 2.23. The van der Waals surface area contributed by atoms with Crippen LogP contribution in [0.25, 0.3) is 0 Å². The van der Waals surface area contributed by atoms with Crippen LogP contribution in [0.3, 0.4) is 0 Å². The lowest BCUT2D eigenvalue weighted by molar-refractivity contribution is -0.00340. The van der Waals surface area contributed by atoms with Gasteiger partial charge in [-0.2, -0.15) is 0 Å². The maximum Gasteiger partial charge on any atom is 0.265 e. The summed E-state index contributed by atoms with van der Waals surface area (Å²) in [4.78, 5) is 0. The maximum absolute atomic E-state index is 11.9. The van der Waals surface area contributed by atoms with Crippen molar-refractivity contribution in [2.24, 2.45) is 0 Å². The van der Waals surface area contributed by atoms with Gasteiger partial charge in [0.25, 0.3) is 6.43 Å². The van der Waals surface area contributed by atoms with Crippen molar-refractivity contribution in [2.45, 2.75) is 19.1 Å². The summed E-state index contributed by atoms with van der Waals surface area (Å²) >= 11 is 11.5. The van der Waals surface area contributed by atoms with E-state index in [2.05, 4.69) is 5.32 Å². The highest BCUT2D eigenvalue weighted by Gasteiger charge is 2.15. The van der Waals surface area contributed by atoms with Crippen molar-refractivity contribution >= 4 is 23.2 Å². The zero-order valence-electron chi connectivity index (χ0n) is 8.26. The van der Waals surface area contributed by atoms with Gasteiger partial charge in [0.2, 0.25) is 0 Å². The molecule has 0 fully saturated rings. The number of halogens is 4. The van der Waals surface area contributed by atoms with Crippen LogP contribution < -0.4 is 5.32 Å². The Labute approximate surface area is 102 Å². The van der Waals surface area contributed by atoms with Crippen LogP contribution >= 0.6 is 23.2 Å². The molecule has 0 spiro atoms. The van der Waals surface area contributed by atoms with E-state index in [0.29, 0.717) is 16.6 Å². The molecular weight excluding hydrogens is 259 g/mol. The van der Waals surface area contributed by atoms with Gasteiger partial charge in [0.15, 0.2) is 0 Å². The molecule has 16 heavy (non-hydrogen) atoms. The normalized spacial score (nSPS) is 13.1. The maximum atomic E-state index is 11.9. The molecule has 0 amide bonds. The molecule has 0 aliphatic carbocycles. The Morgan fingerprint density at radius 3 is 2.50 bits per heavy atom. The first kappa shape index (κ1) is 13.6. The molecule has 0 aliphatic rings. The zero-order chi connectivity index (χ0) is 12.1. The minimum atomic E-state index is -2.73. The lowest BCUT2D eigenvalue weighted by Crippen LogP contribution is -2.31. The Morgan fingerprint density at radius 2 is 1.94 bits per heavy atom. The fourth-order valence-electron chi connectivity index (χ4n) is 1.10. The molecule has 0 saturated heterocycles. The standard InChI is InChI=1S/C10H11Cl2F2NO/c11-7-2-1-6(3-8(7)12)4-15-5-9(16)10(13)14/h1-3,9-10,15-16H,4-5H2. The van der Waals surface area contributed by atoms with Gasteiger partial charge in [-0.3, -0.25) is 0 Å². The molecule has 1 aromatic carbocycles. The first-order chi connectivity index (χ1) is 7.50. The third-order valence-electron chi connectivity index (χ3n) is 1.96. The summed E-state index contributed by atoms with van der Waals surface area (Å²) in [6.07, 6.45) is -4.39. The van der Waals surface area contributed by atoms with Crippen LogP contribution in [-0.4, -0.2) is 24.2 Å². The van der Waals surface area contributed by atoms with Crippen molar-refractivity contribution in [1.29, 1.82) is 0 Å². The molecule has 90 valence electrons. The second-order valence-corrected chi connectivity index (χ2v) is 4.10. The van der Waals surface area contributed by atoms with Crippen molar-refractivity contribution in [2.75, 3.05) is 6.54 Å². The molecule has 0 aliphatic heterocycles. The Morgan fingerprint density at radius 1 is 1.25 bits per heavy atom. The van der Waals surface area contributed by atoms with E-state index in [9.17, 15) is 8.78 Å². The average molecular weight is 270 g/mol. The summed E-state index contributed by atoms with van der Waals surface area (Å²) in [6.45, 7) is 0.179. The predicted molar refractivity (Wildman–Crippen MR) is 60.2 cm³/mol. The monoisotopic (exact) mass is 269 g/mol. The highest BCUT2D eigenvalue weighted by Crippen LogP contribution is 2.22. The van der Waals surface area contributed by atoms with Crippen LogP contribution in [0.5, 0.6) is 0 Å². The zero-order valence-corrected chi connectivity index (χ0v) is 9.77. The number of rotatable bonds is 5. The predicted octanol–water partition coefficient (Wildman–Crippen LogP) is 2.71. The van der Waals surface area contributed by atoms with Crippen molar-refractivity contribution in [3.63, 3.8) is 0 Å². The van der Waals surface area contributed by atoms with Gasteiger partial charge in [-0.15, -0.1) is 0 Å². The second kappa shape index (κ2) is 6.35. The summed E-state index contributed by atoms with van der Waals surface area (Å²) in [7, 11) is 0. The fourth-order valence-corrected chi connectivity index (χ4v) is 1.42. The molecule has 0 aromatic heterocycles. The van der Waals surface area contributed by atoms with Crippen LogP contribution in [0.15, 0.2) is 18.2 Å². The Hall–Kier alpha value is -0.420. The molecule has 2 nitrogen and oxygen atoms in total. The van der Waals surface area contributed by atoms with Crippen molar-refractivity contribution in [3.05, 3.63) is 33.8 Å². The highest BCUT2D eigenvalue weighted by molar-refractivity contribution is 6.42. The van der Waals surface area contributed by atoms with Gasteiger partial charge in [0.05, 0.1) is 10.0 Å². The minimum Gasteiger partial charge on any atom is -0.386 e. The number of hydrogen-bond acceptors (Lipinski definition) is 2. The molecule has 0 saturated carbocycles. The molecule has 2 N–H and O–H groups in total. The number of aliphatic hydroxyl groups excluding tert-OH is 1. The summed E-state index contributed by atoms with van der Waals surface area (Å²) < 4.78 is 23.9. The van der Waals surface area contributed by atoms with E-state index in [1.807, 2.05) is 0 Å². The van der Waals surface area contributed by atoms with Gasteiger partial charge in [-0.1, -0.05) is 29.3 Å². The van der Waals surface area contributed by atoms with E-state index < -0.39 is 12.5 Å². The quantitative estimate of drug-likeness (QED) is 0.862. The lowest BCUT2D eigenvalue weighted by Gasteiger charge is -2.10. The van der Waals surface area contributed by atoms with Gasteiger partial charge in [0.1, 0.15) is 6.10 Å². The van der Waals surface area contributed by atoms with E-state index in [4.69, 9.17) is 28.3 Å². The van der Waals surface area contributed by atoms with Crippen molar-refractivity contribution < 1.29 is 13.9 Å². The lowest BCUT2D eigenvalue weighted by atomic mass is 10.2. The van der Waals surface area contributed by atoms with Crippen molar-refractivity contribution in [1.82, 2.24) is 5.32 Å². The molecular formula is C10H11Cl2F2NO. The molecule has 1 rings (SSSR count). The molecule has 0 heterocycles. The summed E-state index contributed by atoms with van der Waals surface area (Å²) in [5.74, 6) is 0. The number of aliphatic hydroxyl groups is 1. The van der Waals surface area contributed by atoms with E-state index in [0.717, 1.165) is 5.56 Å². The van der Waals surface area contributed by atoms with Gasteiger partial charge in [-0.25, -0.2) is 8.78 Å². The molecule has 1 aromatic rings. The number of alkyl halides is 2. The topological polar surface area (TPSA) is 32.3 Å². The van der Waals surface area contributed by atoms with Gasteiger partial charge in [-0.05, 0) is 17.7 Å². The first-order valence-electron chi connectivity index (χ1n) is 4.61. The molecule has 0 bridgehead atoms. The fraction of sp³-hybridized carbons (Fsp3) is 0.400. The molecule has 1 unspecified atom stereocenters. The molecule has 0 radical (unpaired) electrons. The Kier molecular flexibility index (Phi) is 5.41. The third-order valence-corrected chi connectivity index (χ3v) is 2.70. The van der Waals surface area contributed by atoms with Crippen LogP contribution in [0.1, 0.15) is 5.56 Å². The highest BCUT2D eigenvalue weighted by atomic mass is 35.5. The van der Waals surface area contributed by atoms with Gasteiger partial charge >= 0.3 is 0 Å². The SMILES string of the molecule is OC(CNCc1ccc(Cl)c(Cl)c1)C(F)F. The number of benzene rings is 1. The van der Waals surface area contributed by atoms with Gasteiger partial charge in [0, 0.05) is 13.1 Å².